The molecule has 0 bridgehead atoms. The maximum absolute atomic E-state index is 12.7. The smallest absolute Gasteiger partial charge is 0.341 e. The number of nitro groups is 1. The zero-order valence-corrected chi connectivity index (χ0v) is 16.9. The van der Waals surface area contributed by atoms with E-state index in [1.807, 2.05) is 0 Å². The number of esters is 1. The molecule has 0 fully saturated rings. The van der Waals surface area contributed by atoms with Gasteiger partial charge in [-0.05, 0) is 50.7 Å². The average Bonchev–Trinajstić information content (AvgIpc) is 2.98. The Morgan fingerprint density at radius 1 is 1.39 bits per heavy atom. The van der Waals surface area contributed by atoms with Crippen molar-refractivity contribution in [2.24, 2.45) is 5.92 Å². The average molecular weight is 402 g/mol. The number of nitrogens with zero attached hydrogens (tertiary/aromatic N) is 1. The molecule has 1 aromatic carbocycles. The number of carbonyl (C=O) groups excluding carboxylic acids is 2. The number of nitro benzene ring substituents is 1. The van der Waals surface area contributed by atoms with E-state index in [1.54, 1.807) is 19.9 Å². The minimum atomic E-state index is -0.513. The van der Waals surface area contributed by atoms with Crippen LogP contribution in [0.15, 0.2) is 18.2 Å². The van der Waals surface area contributed by atoms with Crippen LogP contribution >= 0.6 is 11.3 Å². The summed E-state index contributed by atoms with van der Waals surface area (Å²) >= 11 is 1.39. The third kappa shape index (κ3) is 3.91. The maximum atomic E-state index is 12.7. The zero-order valence-electron chi connectivity index (χ0n) is 16.0. The van der Waals surface area contributed by atoms with E-state index in [9.17, 15) is 19.7 Å². The van der Waals surface area contributed by atoms with E-state index in [2.05, 4.69) is 12.2 Å². The van der Waals surface area contributed by atoms with Gasteiger partial charge in [0.25, 0.3) is 11.6 Å². The Labute approximate surface area is 166 Å². The first-order valence-corrected chi connectivity index (χ1v) is 10.0. The Morgan fingerprint density at radius 3 is 2.82 bits per heavy atom. The fraction of sp³-hybridized carbons (Fsp3) is 0.400. The first-order valence-electron chi connectivity index (χ1n) is 9.19. The number of hydrogen-bond donors (Lipinski definition) is 1. The predicted molar refractivity (Wildman–Crippen MR) is 107 cm³/mol. The van der Waals surface area contributed by atoms with Crippen molar-refractivity contribution in [3.05, 3.63) is 55.4 Å². The summed E-state index contributed by atoms with van der Waals surface area (Å²) in [5, 5.41) is 14.4. The summed E-state index contributed by atoms with van der Waals surface area (Å²) in [6, 6.07) is 4.34. The molecule has 1 aliphatic carbocycles. The molecule has 1 heterocycles. The van der Waals surface area contributed by atoms with Crippen molar-refractivity contribution < 1.29 is 19.2 Å². The van der Waals surface area contributed by atoms with Crippen molar-refractivity contribution in [1.82, 2.24) is 0 Å². The molecule has 0 radical (unpaired) electrons. The van der Waals surface area contributed by atoms with Gasteiger partial charge in [-0.15, -0.1) is 11.3 Å². The van der Waals surface area contributed by atoms with Crippen LogP contribution in [0.1, 0.15) is 57.0 Å². The van der Waals surface area contributed by atoms with E-state index in [0.717, 1.165) is 29.7 Å². The summed E-state index contributed by atoms with van der Waals surface area (Å²) in [4.78, 5) is 37.0. The van der Waals surface area contributed by atoms with Crippen molar-refractivity contribution in [2.75, 3.05) is 11.9 Å². The van der Waals surface area contributed by atoms with Gasteiger partial charge in [-0.3, -0.25) is 14.9 Å². The maximum Gasteiger partial charge on any atom is 0.341 e. The third-order valence-electron chi connectivity index (χ3n) is 4.89. The van der Waals surface area contributed by atoms with E-state index in [4.69, 9.17) is 4.74 Å². The molecule has 1 aromatic heterocycles. The highest BCUT2D eigenvalue weighted by Crippen LogP contribution is 2.40. The molecule has 0 aliphatic heterocycles. The van der Waals surface area contributed by atoms with Gasteiger partial charge in [0.2, 0.25) is 0 Å². The van der Waals surface area contributed by atoms with Gasteiger partial charge in [-0.25, -0.2) is 4.79 Å². The Kier molecular flexibility index (Phi) is 5.79. The van der Waals surface area contributed by atoms with Crippen LogP contribution in [-0.2, 0) is 17.6 Å². The lowest BCUT2D eigenvalue weighted by molar-refractivity contribution is -0.385. The second-order valence-electron chi connectivity index (χ2n) is 6.99. The second-order valence-corrected chi connectivity index (χ2v) is 8.09. The van der Waals surface area contributed by atoms with E-state index >= 15 is 0 Å². The number of rotatable bonds is 5. The molecule has 1 aliphatic rings. The minimum Gasteiger partial charge on any atom is -0.462 e. The Balaban J connectivity index is 1.95. The molecule has 7 nitrogen and oxygen atoms in total. The second kappa shape index (κ2) is 8.10. The molecule has 0 saturated carbocycles. The topological polar surface area (TPSA) is 98.5 Å². The quantitative estimate of drug-likeness (QED) is 0.450. The van der Waals surface area contributed by atoms with Gasteiger partial charge in [0.15, 0.2) is 0 Å². The van der Waals surface area contributed by atoms with Crippen LogP contribution in [0.25, 0.3) is 0 Å². The number of hydrogen-bond acceptors (Lipinski definition) is 6. The molecule has 148 valence electrons. The molecule has 28 heavy (non-hydrogen) atoms. The highest BCUT2D eigenvalue weighted by atomic mass is 32.1. The van der Waals surface area contributed by atoms with Crippen molar-refractivity contribution in [1.29, 1.82) is 0 Å². The van der Waals surface area contributed by atoms with E-state index in [-0.39, 0.29) is 17.9 Å². The summed E-state index contributed by atoms with van der Waals surface area (Å²) in [5.74, 6) is -0.412. The molecule has 1 N–H and O–H groups in total. The monoisotopic (exact) mass is 402 g/mol. The SMILES string of the molecule is CCOC(=O)c1c(NC(=O)c2ccc(C)c([N+](=O)[O-])c2)sc2c1CCC(C)C2. The van der Waals surface area contributed by atoms with Crippen molar-refractivity contribution in [2.45, 2.75) is 40.0 Å². The molecule has 3 rings (SSSR count). The fourth-order valence-electron chi connectivity index (χ4n) is 3.38. The van der Waals surface area contributed by atoms with Gasteiger partial charge in [0, 0.05) is 22.1 Å². The molecule has 1 atom stereocenters. The van der Waals surface area contributed by atoms with Crippen LogP contribution in [0.2, 0.25) is 0 Å². The van der Waals surface area contributed by atoms with Gasteiger partial charge in [0.1, 0.15) is 5.00 Å². The van der Waals surface area contributed by atoms with Gasteiger partial charge >= 0.3 is 5.97 Å². The lowest BCUT2D eigenvalue weighted by atomic mass is 9.88. The number of carbonyl (C=O) groups is 2. The molecule has 2 aromatic rings. The van der Waals surface area contributed by atoms with Crippen LogP contribution in [0, 0.1) is 23.0 Å². The summed E-state index contributed by atoms with van der Waals surface area (Å²) < 4.78 is 5.20. The van der Waals surface area contributed by atoms with Crippen molar-refractivity contribution >= 4 is 33.9 Å². The lowest BCUT2D eigenvalue weighted by Gasteiger charge is -2.18. The van der Waals surface area contributed by atoms with E-state index in [1.165, 1.54) is 23.5 Å². The normalized spacial score (nSPS) is 15.6. The lowest BCUT2D eigenvalue weighted by Crippen LogP contribution is -2.17. The van der Waals surface area contributed by atoms with Crippen LogP contribution < -0.4 is 5.32 Å². The van der Waals surface area contributed by atoms with E-state index in [0.29, 0.717) is 22.0 Å². The summed E-state index contributed by atoms with van der Waals surface area (Å²) in [6.07, 6.45) is 2.61. The molecule has 1 amide bonds. The molecule has 1 unspecified atom stereocenters. The number of anilines is 1. The van der Waals surface area contributed by atoms with Crippen LogP contribution in [-0.4, -0.2) is 23.4 Å². The Hall–Kier alpha value is -2.74. The molecular weight excluding hydrogens is 380 g/mol. The van der Waals surface area contributed by atoms with Gasteiger partial charge in [-0.2, -0.15) is 0 Å². The summed E-state index contributed by atoms with van der Waals surface area (Å²) in [5.41, 5.74) is 1.91. The van der Waals surface area contributed by atoms with Crippen LogP contribution in [0.4, 0.5) is 10.7 Å². The highest BCUT2D eigenvalue weighted by Gasteiger charge is 2.29. The Morgan fingerprint density at radius 2 is 2.14 bits per heavy atom. The number of benzene rings is 1. The summed E-state index contributed by atoms with van der Waals surface area (Å²) in [6.45, 7) is 5.77. The number of amides is 1. The molecule has 8 heteroatoms. The first kappa shape index (κ1) is 20.0. The van der Waals surface area contributed by atoms with Gasteiger partial charge in [0.05, 0.1) is 17.1 Å². The number of fused-ring (bicyclic) bond motifs is 1. The molecule has 0 spiro atoms. The largest absolute Gasteiger partial charge is 0.462 e. The third-order valence-corrected chi connectivity index (χ3v) is 6.06. The van der Waals surface area contributed by atoms with Gasteiger partial charge < -0.3 is 10.1 Å². The fourth-order valence-corrected chi connectivity index (χ4v) is 4.77. The first-order chi connectivity index (χ1) is 13.3. The van der Waals surface area contributed by atoms with Crippen molar-refractivity contribution in [3.8, 4) is 0 Å². The predicted octanol–water partition coefficient (Wildman–Crippen LogP) is 4.52. The van der Waals surface area contributed by atoms with Crippen molar-refractivity contribution in [3.63, 3.8) is 0 Å². The number of thiophene rings is 1. The van der Waals surface area contributed by atoms with Crippen LogP contribution in [0.5, 0.6) is 0 Å². The molecular formula is C20H22N2O5S. The van der Waals surface area contributed by atoms with E-state index < -0.39 is 16.8 Å². The zero-order chi connectivity index (χ0) is 20.4. The number of nitrogens with one attached hydrogen (secondary N) is 1. The highest BCUT2D eigenvalue weighted by molar-refractivity contribution is 7.17. The number of aryl methyl sites for hydroxylation is 1. The van der Waals surface area contributed by atoms with Crippen LogP contribution in [0.3, 0.4) is 0 Å². The Bertz CT molecular complexity index is 950. The van der Waals surface area contributed by atoms with Gasteiger partial charge in [-0.1, -0.05) is 13.0 Å². The minimum absolute atomic E-state index is 0.113. The molecule has 0 saturated heterocycles. The standard InChI is InChI=1S/C20H22N2O5S/c1-4-27-20(24)17-14-8-5-11(2)9-16(14)28-19(17)21-18(23)13-7-6-12(3)15(10-13)22(25)26/h6-7,10-11H,4-5,8-9H2,1-3H3,(H,21,23). The summed E-state index contributed by atoms with van der Waals surface area (Å²) in [7, 11) is 0. The number of ether oxygens (including phenoxy) is 1.